The molecule has 20 heavy (non-hydrogen) atoms. The highest BCUT2D eigenvalue weighted by Crippen LogP contribution is 2.22. The normalized spacial score (nSPS) is 19.6. The summed E-state index contributed by atoms with van der Waals surface area (Å²) < 4.78 is 13.4. The monoisotopic (exact) mass is 279 g/mol. The van der Waals surface area contributed by atoms with Crippen molar-refractivity contribution in [2.45, 2.75) is 45.6 Å². The first kappa shape index (κ1) is 14.8. The van der Waals surface area contributed by atoms with E-state index in [4.69, 9.17) is 0 Å². The molecule has 0 radical (unpaired) electrons. The largest absolute Gasteiger partial charge is 0.370 e. The second-order valence-corrected chi connectivity index (χ2v) is 5.28. The highest BCUT2D eigenvalue weighted by molar-refractivity contribution is 5.98. The molecule has 1 amide bonds. The first-order valence-electron chi connectivity index (χ1n) is 7.34. The van der Waals surface area contributed by atoms with Crippen LogP contribution in [0.25, 0.3) is 0 Å². The molecule has 0 spiro atoms. The Kier molecular flexibility index (Phi) is 4.93. The number of hydrogen-bond donors (Lipinski definition) is 1. The van der Waals surface area contributed by atoms with Crippen LogP contribution in [0, 0.1) is 5.82 Å². The van der Waals surface area contributed by atoms with Crippen molar-refractivity contribution in [3.63, 3.8) is 0 Å². The molecule has 0 aromatic carbocycles. The highest BCUT2D eigenvalue weighted by atomic mass is 19.1. The van der Waals surface area contributed by atoms with Gasteiger partial charge in [0.05, 0.1) is 11.8 Å². The topological polar surface area (TPSA) is 45.2 Å². The summed E-state index contributed by atoms with van der Waals surface area (Å²) in [6.07, 6.45) is 5.45. The van der Waals surface area contributed by atoms with Crippen molar-refractivity contribution >= 4 is 11.7 Å². The number of anilines is 1. The molecule has 1 aliphatic heterocycles. The molecule has 1 aromatic heterocycles. The van der Waals surface area contributed by atoms with Gasteiger partial charge in [0.15, 0.2) is 0 Å². The molecule has 2 rings (SSSR count). The summed E-state index contributed by atoms with van der Waals surface area (Å²) >= 11 is 0. The molecule has 4 nitrogen and oxygen atoms in total. The summed E-state index contributed by atoms with van der Waals surface area (Å²) in [5, 5.41) is 3.03. The van der Waals surface area contributed by atoms with Crippen molar-refractivity contribution in [2.75, 3.05) is 18.4 Å². The lowest BCUT2D eigenvalue weighted by molar-refractivity contribution is 0.0698. The van der Waals surface area contributed by atoms with Crippen LogP contribution < -0.4 is 5.32 Å². The Morgan fingerprint density at radius 1 is 1.50 bits per heavy atom. The quantitative estimate of drug-likeness (QED) is 0.925. The number of nitrogens with zero attached hydrogens (tertiary/aromatic N) is 2. The molecule has 0 bridgehead atoms. The first-order valence-corrected chi connectivity index (χ1v) is 7.34. The van der Waals surface area contributed by atoms with Gasteiger partial charge in [-0.3, -0.25) is 4.79 Å². The van der Waals surface area contributed by atoms with Crippen molar-refractivity contribution in [3.05, 3.63) is 23.6 Å². The average molecular weight is 279 g/mol. The van der Waals surface area contributed by atoms with Gasteiger partial charge in [-0.15, -0.1) is 0 Å². The maximum atomic E-state index is 13.4. The molecule has 0 saturated carbocycles. The van der Waals surface area contributed by atoms with Crippen LogP contribution in [-0.2, 0) is 0 Å². The molecular weight excluding hydrogens is 257 g/mol. The standard InChI is InChI=1S/C15H22FN3O/c1-3-17-14-13(9-12(16)10-18-14)15(20)19-8-6-4-5-7-11(19)2/h9-11H,3-8H2,1-2H3,(H,17,18). The van der Waals surface area contributed by atoms with E-state index in [-0.39, 0.29) is 11.9 Å². The van der Waals surface area contributed by atoms with E-state index >= 15 is 0 Å². The Hall–Kier alpha value is -1.65. The van der Waals surface area contributed by atoms with Crippen molar-refractivity contribution in [2.24, 2.45) is 0 Å². The third-order valence-corrected chi connectivity index (χ3v) is 3.74. The lowest BCUT2D eigenvalue weighted by Gasteiger charge is -2.27. The van der Waals surface area contributed by atoms with E-state index in [1.54, 1.807) is 0 Å². The number of hydrogen-bond acceptors (Lipinski definition) is 3. The Balaban J connectivity index is 2.28. The van der Waals surface area contributed by atoms with Gasteiger partial charge in [0.25, 0.3) is 5.91 Å². The zero-order valence-electron chi connectivity index (χ0n) is 12.2. The zero-order valence-corrected chi connectivity index (χ0v) is 12.2. The number of amides is 1. The van der Waals surface area contributed by atoms with Crippen LogP contribution in [0.4, 0.5) is 10.2 Å². The van der Waals surface area contributed by atoms with Crippen LogP contribution in [0.5, 0.6) is 0 Å². The third kappa shape index (κ3) is 3.26. The number of rotatable bonds is 3. The molecule has 2 heterocycles. The highest BCUT2D eigenvalue weighted by Gasteiger charge is 2.25. The van der Waals surface area contributed by atoms with E-state index in [1.165, 1.54) is 6.07 Å². The summed E-state index contributed by atoms with van der Waals surface area (Å²) in [5.74, 6) is -0.129. The summed E-state index contributed by atoms with van der Waals surface area (Å²) in [5.41, 5.74) is 0.334. The van der Waals surface area contributed by atoms with Crippen LogP contribution in [0.15, 0.2) is 12.3 Å². The lowest BCUT2D eigenvalue weighted by atomic mass is 10.1. The van der Waals surface area contributed by atoms with Gasteiger partial charge in [0, 0.05) is 19.1 Å². The Labute approximate surface area is 119 Å². The molecule has 1 atom stereocenters. The minimum atomic E-state index is -0.475. The van der Waals surface area contributed by atoms with Crippen LogP contribution in [0.1, 0.15) is 49.9 Å². The second kappa shape index (κ2) is 6.68. The Morgan fingerprint density at radius 2 is 2.30 bits per heavy atom. The number of carbonyl (C=O) groups is 1. The summed E-state index contributed by atoms with van der Waals surface area (Å²) in [6, 6.07) is 1.48. The van der Waals surface area contributed by atoms with Gasteiger partial charge < -0.3 is 10.2 Å². The number of aromatic nitrogens is 1. The van der Waals surface area contributed by atoms with E-state index in [0.29, 0.717) is 17.9 Å². The van der Waals surface area contributed by atoms with Crippen molar-refractivity contribution in [3.8, 4) is 0 Å². The molecule has 0 aliphatic carbocycles. The van der Waals surface area contributed by atoms with Gasteiger partial charge in [-0.1, -0.05) is 12.8 Å². The third-order valence-electron chi connectivity index (χ3n) is 3.74. The summed E-state index contributed by atoms with van der Waals surface area (Å²) in [7, 11) is 0. The molecule has 5 heteroatoms. The summed E-state index contributed by atoms with van der Waals surface area (Å²) in [4.78, 5) is 18.5. The minimum absolute atomic E-state index is 0.123. The molecule has 1 aliphatic rings. The maximum Gasteiger partial charge on any atom is 0.257 e. The molecule has 1 unspecified atom stereocenters. The van der Waals surface area contributed by atoms with E-state index in [9.17, 15) is 9.18 Å². The van der Waals surface area contributed by atoms with Gasteiger partial charge in [-0.05, 0) is 32.8 Å². The smallest absolute Gasteiger partial charge is 0.257 e. The van der Waals surface area contributed by atoms with E-state index in [0.717, 1.165) is 38.4 Å². The first-order chi connectivity index (χ1) is 9.63. The SMILES string of the molecule is CCNc1ncc(F)cc1C(=O)N1CCCCCC1C. The lowest BCUT2D eigenvalue weighted by Crippen LogP contribution is -2.38. The van der Waals surface area contributed by atoms with Gasteiger partial charge in [-0.2, -0.15) is 0 Å². The Morgan fingerprint density at radius 3 is 3.05 bits per heavy atom. The number of halogens is 1. The van der Waals surface area contributed by atoms with Gasteiger partial charge >= 0.3 is 0 Å². The number of nitrogens with one attached hydrogen (secondary N) is 1. The fraction of sp³-hybridized carbons (Fsp3) is 0.600. The van der Waals surface area contributed by atoms with E-state index < -0.39 is 5.82 Å². The van der Waals surface area contributed by atoms with Crippen molar-refractivity contribution in [1.82, 2.24) is 9.88 Å². The predicted molar refractivity (Wildman–Crippen MR) is 77.3 cm³/mol. The number of pyridine rings is 1. The van der Waals surface area contributed by atoms with Gasteiger partial charge in [0.2, 0.25) is 0 Å². The minimum Gasteiger partial charge on any atom is -0.370 e. The summed E-state index contributed by atoms with van der Waals surface area (Å²) in [6.45, 7) is 5.37. The van der Waals surface area contributed by atoms with Crippen LogP contribution in [-0.4, -0.2) is 34.9 Å². The average Bonchev–Trinajstić information content (AvgIpc) is 2.65. The Bertz CT molecular complexity index is 478. The van der Waals surface area contributed by atoms with Crippen LogP contribution >= 0.6 is 0 Å². The number of likely N-dealkylation sites (tertiary alicyclic amines) is 1. The molecule has 1 N–H and O–H groups in total. The van der Waals surface area contributed by atoms with Crippen molar-refractivity contribution in [1.29, 1.82) is 0 Å². The van der Waals surface area contributed by atoms with E-state index in [1.807, 2.05) is 11.8 Å². The van der Waals surface area contributed by atoms with Gasteiger partial charge in [-0.25, -0.2) is 9.37 Å². The molecule has 1 saturated heterocycles. The molecular formula is C15H22FN3O. The van der Waals surface area contributed by atoms with Gasteiger partial charge in [0.1, 0.15) is 11.6 Å². The predicted octanol–water partition coefficient (Wildman–Crippen LogP) is 3.06. The van der Waals surface area contributed by atoms with Crippen molar-refractivity contribution < 1.29 is 9.18 Å². The van der Waals surface area contributed by atoms with Crippen LogP contribution in [0.2, 0.25) is 0 Å². The van der Waals surface area contributed by atoms with E-state index in [2.05, 4.69) is 17.2 Å². The fourth-order valence-electron chi connectivity index (χ4n) is 2.64. The second-order valence-electron chi connectivity index (χ2n) is 5.28. The molecule has 1 aromatic rings. The number of carbonyl (C=O) groups excluding carboxylic acids is 1. The van der Waals surface area contributed by atoms with Crippen LogP contribution in [0.3, 0.4) is 0 Å². The fourth-order valence-corrected chi connectivity index (χ4v) is 2.64. The molecule has 1 fully saturated rings. The maximum absolute atomic E-state index is 13.4. The zero-order chi connectivity index (χ0) is 14.5. The molecule has 110 valence electrons.